The summed E-state index contributed by atoms with van der Waals surface area (Å²) in [5, 5.41) is 4.29. The Morgan fingerprint density at radius 1 is 1.18 bits per heavy atom. The second-order valence-corrected chi connectivity index (χ2v) is 7.03. The Morgan fingerprint density at radius 3 is 2.75 bits per heavy atom. The van der Waals surface area contributed by atoms with Gasteiger partial charge in [0.1, 0.15) is 0 Å². The number of hydrogen-bond acceptors (Lipinski definition) is 3. The maximum Gasteiger partial charge on any atom is 0.318 e. The number of amides is 2. The van der Waals surface area contributed by atoms with E-state index in [1.165, 1.54) is 10.9 Å². The molecular formula is C22H25N3O3. The Kier molecular flexibility index (Phi) is 4.86. The minimum Gasteiger partial charge on any atom is -0.493 e. The van der Waals surface area contributed by atoms with E-state index in [9.17, 15) is 4.79 Å². The third-order valence-electron chi connectivity index (χ3n) is 5.49. The largest absolute Gasteiger partial charge is 0.493 e. The van der Waals surface area contributed by atoms with E-state index >= 15 is 0 Å². The highest BCUT2D eigenvalue weighted by atomic mass is 16.5. The number of benzene rings is 2. The van der Waals surface area contributed by atoms with Crippen molar-refractivity contribution in [2.75, 3.05) is 20.8 Å². The van der Waals surface area contributed by atoms with Crippen LogP contribution in [-0.4, -0.2) is 36.7 Å². The highest BCUT2D eigenvalue weighted by molar-refractivity contribution is 5.86. The minimum absolute atomic E-state index is 0.00144. The summed E-state index contributed by atoms with van der Waals surface area (Å²) >= 11 is 0. The number of nitrogens with zero attached hydrogens (tertiary/aromatic N) is 1. The second-order valence-electron chi connectivity index (χ2n) is 7.03. The van der Waals surface area contributed by atoms with Gasteiger partial charge >= 0.3 is 6.03 Å². The van der Waals surface area contributed by atoms with Crippen LogP contribution in [0.15, 0.2) is 42.5 Å². The number of nitrogens with one attached hydrogen (secondary N) is 2. The van der Waals surface area contributed by atoms with E-state index in [4.69, 9.17) is 9.47 Å². The summed E-state index contributed by atoms with van der Waals surface area (Å²) in [6, 6.07) is 13.9. The predicted octanol–water partition coefficient (Wildman–Crippen LogP) is 4.01. The van der Waals surface area contributed by atoms with E-state index in [2.05, 4.69) is 35.4 Å². The first-order valence-electron chi connectivity index (χ1n) is 9.47. The lowest BCUT2D eigenvalue weighted by atomic mass is 9.98. The van der Waals surface area contributed by atoms with Gasteiger partial charge in [-0.25, -0.2) is 4.79 Å². The molecule has 0 spiro atoms. The lowest BCUT2D eigenvalue weighted by molar-refractivity contribution is 0.173. The van der Waals surface area contributed by atoms with Crippen LogP contribution in [0.4, 0.5) is 4.79 Å². The van der Waals surface area contributed by atoms with Crippen molar-refractivity contribution >= 4 is 16.9 Å². The number of methoxy groups -OCH3 is 2. The van der Waals surface area contributed by atoms with Gasteiger partial charge in [-0.3, -0.25) is 0 Å². The molecule has 1 aliphatic rings. The summed E-state index contributed by atoms with van der Waals surface area (Å²) in [4.78, 5) is 18.2. The molecule has 1 aromatic heterocycles. The molecule has 6 heteroatoms. The summed E-state index contributed by atoms with van der Waals surface area (Å²) in [5.41, 5.74) is 4.55. The van der Waals surface area contributed by atoms with Gasteiger partial charge in [-0.15, -0.1) is 0 Å². The maximum atomic E-state index is 12.8. The topological polar surface area (TPSA) is 66.6 Å². The summed E-state index contributed by atoms with van der Waals surface area (Å²) in [5.74, 6) is 1.33. The van der Waals surface area contributed by atoms with Crippen LogP contribution in [0.5, 0.6) is 11.5 Å². The molecule has 0 fully saturated rings. The molecule has 2 N–H and O–H groups in total. The SMILES string of the molecule is COc1ccc(CNC(=O)N2CCc3c([nH]c4ccccc34)[C@H]2C)cc1OC. The van der Waals surface area contributed by atoms with Crippen LogP contribution in [0.1, 0.15) is 29.8 Å². The lowest BCUT2D eigenvalue weighted by Gasteiger charge is -2.33. The fraction of sp³-hybridized carbons (Fsp3) is 0.318. The Hall–Kier alpha value is -3.15. The predicted molar refractivity (Wildman–Crippen MR) is 109 cm³/mol. The minimum atomic E-state index is -0.0633. The lowest BCUT2D eigenvalue weighted by Crippen LogP contribution is -2.44. The number of carbonyl (C=O) groups is 1. The van der Waals surface area contributed by atoms with Crippen molar-refractivity contribution in [3.8, 4) is 11.5 Å². The van der Waals surface area contributed by atoms with Crippen LogP contribution in [-0.2, 0) is 13.0 Å². The van der Waals surface area contributed by atoms with Crippen molar-refractivity contribution in [3.05, 3.63) is 59.3 Å². The molecule has 0 unspecified atom stereocenters. The van der Waals surface area contributed by atoms with Crippen LogP contribution in [0.3, 0.4) is 0 Å². The fourth-order valence-corrected chi connectivity index (χ4v) is 3.98. The normalized spacial score (nSPS) is 16.0. The van der Waals surface area contributed by atoms with Gasteiger partial charge in [0, 0.05) is 29.7 Å². The summed E-state index contributed by atoms with van der Waals surface area (Å²) in [6.45, 7) is 3.21. The first kappa shape index (κ1) is 18.2. The number of urea groups is 1. The number of aromatic amines is 1. The van der Waals surface area contributed by atoms with Gasteiger partial charge in [-0.2, -0.15) is 0 Å². The molecule has 4 rings (SSSR count). The van der Waals surface area contributed by atoms with E-state index in [0.29, 0.717) is 24.6 Å². The van der Waals surface area contributed by atoms with Gasteiger partial charge < -0.3 is 24.7 Å². The van der Waals surface area contributed by atoms with Gasteiger partial charge in [0.15, 0.2) is 11.5 Å². The van der Waals surface area contributed by atoms with Crippen molar-refractivity contribution in [1.82, 2.24) is 15.2 Å². The fourth-order valence-electron chi connectivity index (χ4n) is 3.98. The molecule has 1 atom stereocenters. The molecule has 146 valence electrons. The van der Waals surface area contributed by atoms with Gasteiger partial charge in [-0.1, -0.05) is 24.3 Å². The molecule has 3 aromatic rings. The first-order chi connectivity index (χ1) is 13.6. The van der Waals surface area contributed by atoms with Gasteiger partial charge in [-0.05, 0) is 42.7 Å². The molecule has 0 saturated carbocycles. The van der Waals surface area contributed by atoms with E-state index in [1.54, 1.807) is 14.2 Å². The van der Waals surface area contributed by atoms with E-state index in [1.807, 2.05) is 29.2 Å². The number of fused-ring (bicyclic) bond motifs is 3. The maximum absolute atomic E-state index is 12.8. The number of aromatic nitrogens is 1. The van der Waals surface area contributed by atoms with Crippen molar-refractivity contribution in [1.29, 1.82) is 0 Å². The standard InChI is InChI=1S/C22H25N3O3/c1-14-21-17(16-6-4-5-7-18(16)24-21)10-11-25(14)22(26)23-13-15-8-9-19(27-2)20(12-15)28-3/h4-9,12,14,24H,10-11,13H2,1-3H3,(H,23,26)/t14-/m1/s1. The molecule has 28 heavy (non-hydrogen) atoms. The van der Waals surface area contributed by atoms with Crippen molar-refractivity contribution in [2.45, 2.75) is 25.9 Å². The molecule has 0 radical (unpaired) electrons. The van der Waals surface area contributed by atoms with Crippen LogP contribution in [0.2, 0.25) is 0 Å². The second kappa shape index (κ2) is 7.46. The van der Waals surface area contributed by atoms with Gasteiger partial charge in [0.05, 0.1) is 20.3 Å². The molecule has 2 heterocycles. The van der Waals surface area contributed by atoms with Crippen molar-refractivity contribution in [2.24, 2.45) is 0 Å². The summed E-state index contributed by atoms with van der Waals surface area (Å²) in [6.07, 6.45) is 0.855. The number of hydrogen-bond donors (Lipinski definition) is 2. The third-order valence-corrected chi connectivity index (χ3v) is 5.49. The average Bonchev–Trinajstić information content (AvgIpc) is 3.11. The van der Waals surface area contributed by atoms with Crippen LogP contribution in [0.25, 0.3) is 10.9 Å². The zero-order valence-corrected chi connectivity index (χ0v) is 16.4. The van der Waals surface area contributed by atoms with Gasteiger partial charge in [0.2, 0.25) is 0 Å². The smallest absolute Gasteiger partial charge is 0.318 e. The highest BCUT2D eigenvalue weighted by Crippen LogP contribution is 2.34. The van der Waals surface area contributed by atoms with E-state index in [-0.39, 0.29) is 12.1 Å². The summed E-state index contributed by atoms with van der Waals surface area (Å²) in [7, 11) is 3.21. The molecule has 0 saturated heterocycles. The highest BCUT2D eigenvalue weighted by Gasteiger charge is 2.30. The molecule has 2 amide bonds. The van der Waals surface area contributed by atoms with E-state index in [0.717, 1.165) is 23.2 Å². The Balaban J connectivity index is 1.47. The van der Waals surface area contributed by atoms with Crippen LogP contribution in [0, 0.1) is 0 Å². The molecule has 2 aromatic carbocycles. The Labute approximate surface area is 164 Å². The molecule has 6 nitrogen and oxygen atoms in total. The number of ether oxygens (including phenoxy) is 2. The number of rotatable bonds is 4. The van der Waals surface area contributed by atoms with Crippen LogP contribution >= 0.6 is 0 Å². The van der Waals surface area contributed by atoms with Crippen molar-refractivity contribution in [3.63, 3.8) is 0 Å². The third kappa shape index (κ3) is 3.15. The Morgan fingerprint density at radius 2 is 1.96 bits per heavy atom. The van der Waals surface area contributed by atoms with Gasteiger partial charge in [0.25, 0.3) is 0 Å². The quantitative estimate of drug-likeness (QED) is 0.720. The molecule has 0 bridgehead atoms. The molecule has 1 aliphatic heterocycles. The monoisotopic (exact) mass is 379 g/mol. The van der Waals surface area contributed by atoms with Crippen LogP contribution < -0.4 is 14.8 Å². The van der Waals surface area contributed by atoms with E-state index < -0.39 is 0 Å². The molecular weight excluding hydrogens is 354 g/mol. The zero-order valence-electron chi connectivity index (χ0n) is 16.4. The zero-order chi connectivity index (χ0) is 19.7. The number of H-pyrrole nitrogens is 1. The number of carbonyl (C=O) groups excluding carboxylic acids is 1. The molecule has 0 aliphatic carbocycles. The Bertz CT molecular complexity index is 1010. The van der Waals surface area contributed by atoms with Crippen molar-refractivity contribution < 1.29 is 14.3 Å². The summed E-state index contributed by atoms with van der Waals surface area (Å²) < 4.78 is 10.6. The number of para-hydroxylation sites is 1. The average molecular weight is 379 g/mol. The first-order valence-corrected chi connectivity index (χ1v) is 9.47.